The SMILES string of the molecule is Cc1ccc(C(C)C)c(N(C)S(C)(=O)=O)n1. The van der Waals surface area contributed by atoms with E-state index in [0.29, 0.717) is 5.82 Å². The van der Waals surface area contributed by atoms with Gasteiger partial charge in [0.1, 0.15) is 5.82 Å². The number of hydrogen-bond donors (Lipinski definition) is 0. The molecule has 5 heteroatoms. The largest absolute Gasteiger partial charge is 0.257 e. The van der Waals surface area contributed by atoms with E-state index in [0.717, 1.165) is 11.3 Å². The lowest BCUT2D eigenvalue weighted by Crippen LogP contribution is -2.27. The molecule has 0 unspecified atom stereocenters. The maximum absolute atomic E-state index is 11.5. The van der Waals surface area contributed by atoms with E-state index in [1.807, 2.05) is 32.9 Å². The number of anilines is 1. The molecule has 1 heterocycles. The van der Waals surface area contributed by atoms with Crippen molar-refractivity contribution in [3.63, 3.8) is 0 Å². The molecular weight excluding hydrogens is 224 g/mol. The van der Waals surface area contributed by atoms with E-state index in [9.17, 15) is 8.42 Å². The molecule has 0 atom stereocenters. The van der Waals surface area contributed by atoms with Gasteiger partial charge in [0, 0.05) is 12.7 Å². The standard InChI is InChI=1S/C11H18N2O2S/c1-8(2)10-7-6-9(3)12-11(10)13(4)16(5,14)15/h6-8H,1-5H3. The first-order chi connectivity index (χ1) is 7.23. The summed E-state index contributed by atoms with van der Waals surface area (Å²) in [5, 5.41) is 0. The number of aryl methyl sites for hydroxylation is 1. The molecule has 0 fully saturated rings. The summed E-state index contributed by atoms with van der Waals surface area (Å²) in [4.78, 5) is 4.31. The average molecular weight is 242 g/mol. The van der Waals surface area contributed by atoms with Crippen molar-refractivity contribution in [2.24, 2.45) is 0 Å². The number of rotatable bonds is 3. The molecule has 0 radical (unpaired) electrons. The highest BCUT2D eigenvalue weighted by molar-refractivity contribution is 7.92. The van der Waals surface area contributed by atoms with Gasteiger partial charge in [-0.05, 0) is 24.5 Å². The van der Waals surface area contributed by atoms with E-state index in [2.05, 4.69) is 4.98 Å². The van der Waals surface area contributed by atoms with Crippen molar-refractivity contribution in [2.75, 3.05) is 17.6 Å². The molecule has 0 saturated carbocycles. The van der Waals surface area contributed by atoms with Gasteiger partial charge in [0.2, 0.25) is 10.0 Å². The Labute approximate surface area is 97.4 Å². The molecule has 4 nitrogen and oxygen atoms in total. The van der Waals surface area contributed by atoms with Gasteiger partial charge >= 0.3 is 0 Å². The zero-order valence-corrected chi connectivity index (χ0v) is 11.2. The lowest BCUT2D eigenvalue weighted by molar-refractivity contribution is 0.599. The Kier molecular flexibility index (Phi) is 3.57. The lowest BCUT2D eigenvalue weighted by atomic mass is 10.0. The van der Waals surface area contributed by atoms with Gasteiger partial charge in [-0.1, -0.05) is 19.9 Å². The van der Waals surface area contributed by atoms with Gasteiger partial charge < -0.3 is 0 Å². The number of sulfonamides is 1. The van der Waals surface area contributed by atoms with E-state index in [1.54, 1.807) is 0 Å². The van der Waals surface area contributed by atoms with Gasteiger partial charge in [-0.2, -0.15) is 0 Å². The Morgan fingerprint density at radius 1 is 1.31 bits per heavy atom. The Morgan fingerprint density at radius 2 is 1.88 bits per heavy atom. The molecule has 0 aliphatic heterocycles. The zero-order valence-electron chi connectivity index (χ0n) is 10.4. The molecule has 1 aromatic rings. The Balaban J connectivity index is 3.36. The predicted molar refractivity (Wildman–Crippen MR) is 66.3 cm³/mol. The third-order valence-corrected chi connectivity index (χ3v) is 3.63. The second-order valence-corrected chi connectivity index (χ2v) is 6.26. The lowest BCUT2D eigenvalue weighted by Gasteiger charge is -2.21. The highest BCUT2D eigenvalue weighted by Crippen LogP contribution is 2.26. The summed E-state index contributed by atoms with van der Waals surface area (Å²) in [6.07, 6.45) is 1.18. The van der Waals surface area contributed by atoms with E-state index in [-0.39, 0.29) is 5.92 Å². The third-order valence-electron chi connectivity index (χ3n) is 2.46. The summed E-state index contributed by atoms with van der Waals surface area (Å²) in [5.74, 6) is 0.768. The minimum Gasteiger partial charge on any atom is -0.257 e. The van der Waals surface area contributed by atoms with Gasteiger partial charge in [-0.3, -0.25) is 4.31 Å². The van der Waals surface area contributed by atoms with Gasteiger partial charge in [-0.15, -0.1) is 0 Å². The molecule has 0 aliphatic carbocycles. The van der Waals surface area contributed by atoms with Crippen LogP contribution in [-0.2, 0) is 10.0 Å². The summed E-state index contributed by atoms with van der Waals surface area (Å²) in [5.41, 5.74) is 1.76. The van der Waals surface area contributed by atoms with Crippen LogP contribution in [0.3, 0.4) is 0 Å². The van der Waals surface area contributed by atoms with Crippen LogP contribution in [0.15, 0.2) is 12.1 Å². The second kappa shape index (κ2) is 4.41. The molecule has 0 saturated heterocycles. The molecule has 0 spiro atoms. The summed E-state index contributed by atoms with van der Waals surface area (Å²) in [6.45, 7) is 5.89. The van der Waals surface area contributed by atoms with Crippen LogP contribution in [0, 0.1) is 6.92 Å². The highest BCUT2D eigenvalue weighted by atomic mass is 32.2. The molecule has 0 amide bonds. The van der Waals surface area contributed by atoms with Gasteiger partial charge in [0.25, 0.3) is 0 Å². The molecule has 0 N–H and O–H groups in total. The predicted octanol–water partition coefficient (Wildman–Crippen LogP) is 1.91. The number of nitrogens with zero attached hydrogens (tertiary/aromatic N) is 2. The second-order valence-electron chi connectivity index (χ2n) is 4.25. The van der Waals surface area contributed by atoms with Crippen LogP contribution < -0.4 is 4.31 Å². The first kappa shape index (κ1) is 13.0. The van der Waals surface area contributed by atoms with Crippen LogP contribution in [0.2, 0.25) is 0 Å². The molecule has 0 aromatic carbocycles. The molecule has 0 aliphatic rings. The van der Waals surface area contributed by atoms with E-state index < -0.39 is 10.0 Å². The summed E-state index contributed by atoms with van der Waals surface area (Å²) >= 11 is 0. The van der Waals surface area contributed by atoms with Gasteiger partial charge in [0.15, 0.2) is 0 Å². The fraction of sp³-hybridized carbons (Fsp3) is 0.545. The summed E-state index contributed by atoms with van der Waals surface area (Å²) < 4.78 is 24.2. The Hall–Kier alpha value is -1.10. The fourth-order valence-electron chi connectivity index (χ4n) is 1.41. The van der Waals surface area contributed by atoms with Crippen LogP contribution in [0.1, 0.15) is 31.0 Å². The summed E-state index contributed by atoms with van der Waals surface area (Å²) in [6, 6.07) is 3.83. The van der Waals surface area contributed by atoms with Crippen LogP contribution in [0.5, 0.6) is 0 Å². The topological polar surface area (TPSA) is 50.3 Å². The van der Waals surface area contributed by atoms with E-state index in [4.69, 9.17) is 0 Å². The van der Waals surface area contributed by atoms with Crippen molar-refractivity contribution in [3.05, 3.63) is 23.4 Å². The normalized spacial score (nSPS) is 11.9. The maximum atomic E-state index is 11.5. The number of aromatic nitrogens is 1. The number of hydrogen-bond acceptors (Lipinski definition) is 3. The van der Waals surface area contributed by atoms with E-state index >= 15 is 0 Å². The van der Waals surface area contributed by atoms with E-state index in [1.165, 1.54) is 17.6 Å². The third kappa shape index (κ3) is 2.72. The Bertz CT molecular complexity index is 481. The maximum Gasteiger partial charge on any atom is 0.233 e. The molecule has 0 bridgehead atoms. The quantitative estimate of drug-likeness (QED) is 0.813. The smallest absolute Gasteiger partial charge is 0.233 e. The van der Waals surface area contributed by atoms with Crippen LogP contribution in [-0.4, -0.2) is 26.7 Å². The minimum atomic E-state index is -3.26. The van der Waals surface area contributed by atoms with Crippen molar-refractivity contribution in [2.45, 2.75) is 26.7 Å². The molecular formula is C11H18N2O2S. The van der Waals surface area contributed by atoms with Crippen LogP contribution >= 0.6 is 0 Å². The minimum absolute atomic E-state index is 0.243. The van der Waals surface area contributed by atoms with Crippen LogP contribution in [0.4, 0.5) is 5.82 Å². The molecule has 1 aromatic heterocycles. The molecule has 16 heavy (non-hydrogen) atoms. The van der Waals surface area contributed by atoms with Crippen molar-refractivity contribution >= 4 is 15.8 Å². The van der Waals surface area contributed by atoms with Crippen molar-refractivity contribution in [1.82, 2.24) is 4.98 Å². The average Bonchev–Trinajstić information content (AvgIpc) is 2.14. The zero-order chi connectivity index (χ0) is 12.5. The Morgan fingerprint density at radius 3 is 2.31 bits per heavy atom. The van der Waals surface area contributed by atoms with Crippen molar-refractivity contribution in [1.29, 1.82) is 0 Å². The summed E-state index contributed by atoms with van der Waals surface area (Å²) in [7, 11) is -1.73. The molecule has 1 rings (SSSR count). The van der Waals surface area contributed by atoms with Crippen molar-refractivity contribution < 1.29 is 8.42 Å². The fourth-order valence-corrected chi connectivity index (χ4v) is 1.87. The monoisotopic (exact) mass is 242 g/mol. The first-order valence-electron chi connectivity index (χ1n) is 5.15. The van der Waals surface area contributed by atoms with Crippen LogP contribution in [0.25, 0.3) is 0 Å². The number of pyridine rings is 1. The van der Waals surface area contributed by atoms with Crippen molar-refractivity contribution in [3.8, 4) is 0 Å². The van der Waals surface area contributed by atoms with Gasteiger partial charge in [-0.25, -0.2) is 13.4 Å². The molecule has 90 valence electrons. The van der Waals surface area contributed by atoms with Gasteiger partial charge in [0.05, 0.1) is 6.26 Å². The first-order valence-corrected chi connectivity index (χ1v) is 6.99. The highest BCUT2D eigenvalue weighted by Gasteiger charge is 2.18.